The highest BCUT2D eigenvalue weighted by atomic mass is 19.1. The van der Waals surface area contributed by atoms with Crippen LogP contribution in [-0.2, 0) is 6.42 Å². The molecular formula is C17H18FNO2. The van der Waals surface area contributed by atoms with Crippen molar-refractivity contribution in [1.29, 1.82) is 0 Å². The summed E-state index contributed by atoms with van der Waals surface area (Å²) in [6, 6.07) is 10.7. The van der Waals surface area contributed by atoms with Crippen LogP contribution in [0.4, 0.5) is 4.39 Å². The van der Waals surface area contributed by atoms with E-state index in [1.165, 1.54) is 6.07 Å². The van der Waals surface area contributed by atoms with Gasteiger partial charge in [-0.05, 0) is 48.9 Å². The van der Waals surface area contributed by atoms with Gasteiger partial charge < -0.3 is 9.47 Å². The number of hydrogen-bond donors (Lipinski definition) is 1. The van der Waals surface area contributed by atoms with Crippen molar-refractivity contribution in [3.05, 3.63) is 47.8 Å². The molecule has 0 unspecified atom stereocenters. The van der Waals surface area contributed by atoms with Crippen LogP contribution in [0.3, 0.4) is 0 Å². The Morgan fingerprint density at radius 3 is 2.90 bits per heavy atom. The van der Waals surface area contributed by atoms with Gasteiger partial charge in [-0.3, -0.25) is 5.32 Å². The van der Waals surface area contributed by atoms with Gasteiger partial charge in [-0.1, -0.05) is 12.1 Å². The minimum atomic E-state index is -0.238. The summed E-state index contributed by atoms with van der Waals surface area (Å²) in [6.07, 6.45) is 1.60. The van der Waals surface area contributed by atoms with Crippen molar-refractivity contribution in [2.75, 3.05) is 14.2 Å². The first-order valence-corrected chi connectivity index (χ1v) is 7.02. The molecule has 0 amide bonds. The zero-order chi connectivity index (χ0) is 14.8. The summed E-state index contributed by atoms with van der Waals surface area (Å²) in [5.74, 6) is 1.26. The number of methoxy groups -OCH3 is 1. The van der Waals surface area contributed by atoms with Crippen molar-refractivity contribution in [3.8, 4) is 22.6 Å². The zero-order valence-electron chi connectivity index (χ0n) is 12.2. The van der Waals surface area contributed by atoms with Crippen LogP contribution in [0, 0.1) is 5.82 Å². The van der Waals surface area contributed by atoms with Gasteiger partial charge in [0.2, 0.25) is 0 Å². The van der Waals surface area contributed by atoms with Gasteiger partial charge in [0.15, 0.2) is 0 Å². The van der Waals surface area contributed by atoms with Gasteiger partial charge in [0.25, 0.3) is 0 Å². The Hall–Kier alpha value is -2.07. The molecule has 0 saturated carbocycles. The Kier molecular flexibility index (Phi) is 3.80. The predicted molar refractivity (Wildman–Crippen MR) is 80.2 cm³/mol. The van der Waals surface area contributed by atoms with Crippen LogP contribution < -0.4 is 14.8 Å². The van der Waals surface area contributed by atoms with E-state index in [4.69, 9.17) is 9.47 Å². The summed E-state index contributed by atoms with van der Waals surface area (Å²) >= 11 is 0. The van der Waals surface area contributed by atoms with E-state index in [0.717, 1.165) is 41.0 Å². The van der Waals surface area contributed by atoms with Crippen LogP contribution in [-0.4, -0.2) is 20.4 Å². The molecule has 1 atom stereocenters. The molecule has 0 fully saturated rings. The van der Waals surface area contributed by atoms with Gasteiger partial charge >= 0.3 is 0 Å². The minimum absolute atomic E-state index is 0.0349. The zero-order valence-corrected chi connectivity index (χ0v) is 12.2. The van der Waals surface area contributed by atoms with Crippen molar-refractivity contribution in [3.63, 3.8) is 0 Å². The Labute approximate surface area is 123 Å². The van der Waals surface area contributed by atoms with E-state index in [1.807, 2.05) is 31.3 Å². The summed E-state index contributed by atoms with van der Waals surface area (Å²) in [7, 11) is 3.48. The number of ether oxygens (including phenoxy) is 2. The third kappa shape index (κ3) is 2.72. The average molecular weight is 287 g/mol. The van der Waals surface area contributed by atoms with E-state index in [9.17, 15) is 4.39 Å². The maximum Gasteiger partial charge on any atom is 0.150 e. The van der Waals surface area contributed by atoms with Crippen molar-refractivity contribution < 1.29 is 13.9 Å². The highest BCUT2D eigenvalue weighted by Crippen LogP contribution is 2.39. The third-order valence-corrected chi connectivity index (χ3v) is 3.77. The van der Waals surface area contributed by atoms with E-state index in [1.54, 1.807) is 13.2 Å². The molecule has 0 radical (unpaired) electrons. The molecule has 1 N–H and O–H groups in total. The van der Waals surface area contributed by atoms with E-state index in [-0.39, 0.29) is 12.0 Å². The summed E-state index contributed by atoms with van der Waals surface area (Å²) in [6.45, 7) is 0. The molecule has 4 heteroatoms. The first kappa shape index (κ1) is 13.9. The molecule has 1 aliphatic heterocycles. The molecule has 0 spiro atoms. The number of aryl methyl sites for hydroxylation is 1. The third-order valence-electron chi connectivity index (χ3n) is 3.77. The van der Waals surface area contributed by atoms with Gasteiger partial charge in [0.05, 0.1) is 7.11 Å². The lowest BCUT2D eigenvalue weighted by atomic mass is 9.96. The summed E-state index contributed by atoms with van der Waals surface area (Å²) in [4.78, 5) is 0. The monoisotopic (exact) mass is 287 g/mol. The molecule has 0 bridgehead atoms. The second-order valence-corrected chi connectivity index (χ2v) is 5.11. The normalized spacial score (nSPS) is 17.0. The first-order chi connectivity index (χ1) is 10.2. The molecule has 21 heavy (non-hydrogen) atoms. The molecule has 0 aromatic heterocycles. The SMILES string of the molecule is CN[C@H]1CCc2cc(F)cc(-c3cccc(OC)c3)c2O1. The van der Waals surface area contributed by atoms with Gasteiger partial charge in [0, 0.05) is 12.0 Å². The maximum atomic E-state index is 13.9. The highest BCUT2D eigenvalue weighted by molar-refractivity contribution is 5.73. The molecule has 3 rings (SSSR count). The number of halogens is 1. The van der Waals surface area contributed by atoms with Crippen LogP contribution in [0.25, 0.3) is 11.1 Å². The van der Waals surface area contributed by atoms with Crippen molar-refractivity contribution >= 4 is 0 Å². The fourth-order valence-electron chi connectivity index (χ4n) is 2.67. The molecule has 0 aliphatic carbocycles. The quantitative estimate of drug-likeness (QED) is 0.939. The van der Waals surface area contributed by atoms with Crippen LogP contribution in [0.15, 0.2) is 36.4 Å². The molecular weight excluding hydrogens is 269 g/mol. The number of nitrogens with one attached hydrogen (secondary N) is 1. The van der Waals surface area contributed by atoms with Crippen LogP contribution in [0.2, 0.25) is 0 Å². The van der Waals surface area contributed by atoms with E-state index >= 15 is 0 Å². The minimum Gasteiger partial charge on any atom is -0.497 e. The van der Waals surface area contributed by atoms with Gasteiger partial charge in [-0.2, -0.15) is 0 Å². The summed E-state index contributed by atoms with van der Waals surface area (Å²) in [5.41, 5.74) is 2.57. The molecule has 2 aromatic rings. The van der Waals surface area contributed by atoms with Crippen LogP contribution >= 0.6 is 0 Å². The van der Waals surface area contributed by atoms with E-state index in [0.29, 0.717) is 0 Å². The summed E-state index contributed by atoms with van der Waals surface area (Å²) in [5, 5.41) is 3.12. The second kappa shape index (κ2) is 5.74. The molecule has 0 saturated heterocycles. The number of rotatable bonds is 3. The lowest BCUT2D eigenvalue weighted by Gasteiger charge is -2.27. The van der Waals surface area contributed by atoms with Crippen molar-refractivity contribution in [2.45, 2.75) is 19.1 Å². The maximum absolute atomic E-state index is 13.9. The lowest BCUT2D eigenvalue weighted by molar-refractivity contribution is 0.148. The molecule has 3 nitrogen and oxygen atoms in total. The smallest absolute Gasteiger partial charge is 0.150 e. The highest BCUT2D eigenvalue weighted by Gasteiger charge is 2.23. The molecule has 1 aliphatic rings. The van der Waals surface area contributed by atoms with E-state index in [2.05, 4.69) is 5.32 Å². The van der Waals surface area contributed by atoms with Crippen LogP contribution in [0.5, 0.6) is 11.5 Å². The number of benzene rings is 2. The standard InChI is InChI=1S/C17H18FNO2/c1-19-16-7-6-12-8-13(18)10-15(17(12)21-16)11-4-3-5-14(9-11)20-2/h3-5,8-10,16,19H,6-7H2,1-2H3/t16-/m1/s1. The van der Waals surface area contributed by atoms with Gasteiger partial charge in [-0.25, -0.2) is 4.39 Å². The Morgan fingerprint density at radius 2 is 2.14 bits per heavy atom. The van der Waals surface area contributed by atoms with Crippen LogP contribution in [0.1, 0.15) is 12.0 Å². The average Bonchev–Trinajstić information content (AvgIpc) is 2.53. The molecule has 1 heterocycles. The Morgan fingerprint density at radius 1 is 1.29 bits per heavy atom. The van der Waals surface area contributed by atoms with Gasteiger partial charge in [0.1, 0.15) is 23.5 Å². The number of hydrogen-bond acceptors (Lipinski definition) is 3. The topological polar surface area (TPSA) is 30.5 Å². The van der Waals surface area contributed by atoms with E-state index < -0.39 is 0 Å². The molecule has 2 aromatic carbocycles. The molecule has 110 valence electrons. The fourth-order valence-corrected chi connectivity index (χ4v) is 2.67. The van der Waals surface area contributed by atoms with Gasteiger partial charge in [-0.15, -0.1) is 0 Å². The largest absolute Gasteiger partial charge is 0.497 e. The van der Waals surface area contributed by atoms with Crippen molar-refractivity contribution in [2.24, 2.45) is 0 Å². The number of fused-ring (bicyclic) bond motifs is 1. The Balaban J connectivity index is 2.11. The fraction of sp³-hybridized carbons (Fsp3) is 0.294. The van der Waals surface area contributed by atoms with Crippen molar-refractivity contribution in [1.82, 2.24) is 5.32 Å². The Bertz CT molecular complexity index is 657. The lowest BCUT2D eigenvalue weighted by Crippen LogP contribution is -2.34. The summed E-state index contributed by atoms with van der Waals surface area (Å²) < 4.78 is 25.1. The second-order valence-electron chi connectivity index (χ2n) is 5.11. The predicted octanol–water partition coefficient (Wildman–Crippen LogP) is 3.37. The first-order valence-electron chi connectivity index (χ1n) is 7.02.